The van der Waals surface area contributed by atoms with Gasteiger partial charge < -0.3 is 14.6 Å². The zero-order chi connectivity index (χ0) is 19.7. The van der Waals surface area contributed by atoms with Gasteiger partial charge in [0.1, 0.15) is 17.5 Å². The molecule has 0 saturated carbocycles. The number of hydrogen-bond donors (Lipinski definition) is 1. The summed E-state index contributed by atoms with van der Waals surface area (Å²) >= 11 is 0. The third-order valence-corrected chi connectivity index (χ3v) is 5.29. The maximum atomic E-state index is 12.4. The van der Waals surface area contributed by atoms with E-state index in [4.69, 9.17) is 4.42 Å². The highest BCUT2D eigenvalue weighted by Gasteiger charge is 2.16. The summed E-state index contributed by atoms with van der Waals surface area (Å²) in [6, 6.07) is 5.62. The van der Waals surface area contributed by atoms with Crippen LogP contribution >= 0.6 is 0 Å². The van der Waals surface area contributed by atoms with Crippen molar-refractivity contribution in [3.8, 4) is 0 Å². The van der Waals surface area contributed by atoms with Gasteiger partial charge in [0.25, 0.3) is 0 Å². The molecule has 8 nitrogen and oxygen atoms in total. The van der Waals surface area contributed by atoms with Gasteiger partial charge in [-0.1, -0.05) is 11.6 Å². The topological polar surface area (TPSA) is 83.6 Å². The maximum absolute atomic E-state index is 12.4. The van der Waals surface area contributed by atoms with Gasteiger partial charge >= 0.3 is 5.63 Å². The van der Waals surface area contributed by atoms with Crippen molar-refractivity contribution >= 4 is 27.8 Å². The molecule has 0 spiro atoms. The molecule has 0 radical (unpaired) electrons. The fourth-order valence-electron chi connectivity index (χ4n) is 3.63. The molecule has 8 heteroatoms. The third kappa shape index (κ3) is 3.79. The lowest BCUT2D eigenvalue weighted by Crippen LogP contribution is -2.47. The Morgan fingerprint density at radius 3 is 2.79 bits per heavy atom. The van der Waals surface area contributed by atoms with Crippen LogP contribution in [0.15, 0.2) is 33.6 Å². The summed E-state index contributed by atoms with van der Waals surface area (Å²) < 4.78 is 6.95. The molecule has 1 N–H and O–H groups in total. The third-order valence-electron chi connectivity index (χ3n) is 5.29. The SMILES string of the molecule is Cc1ccc2oc(=O)c3cnn(CC(=O)NCCN4CCN(C)CC4)c3c2c1. The molecule has 4 rings (SSSR count). The minimum absolute atomic E-state index is 0.0682. The highest BCUT2D eigenvalue weighted by atomic mass is 16.4. The minimum atomic E-state index is -0.437. The Kier molecular flexibility index (Phi) is 5.15. The number of nitrogens with zero attached hydrogens (tertiary/aromatic N) is 4. The van der Waals surface area contributed by atoms with Crippen molar-refractivity contribution in [3.63, 3.8) is 0 Å². The molecule has 1 aliphatic heterocycles. The number of hydrogen-bond acceptors (Lipinski definition) is 6. The summed E-state index contributed by atoms with van der Waals surface area (Å²) in [6.07, 6.45) is 1.47. The van der Waals surface area contributed by atoms with E-state index in [0.29, 0.717) is 23.0 Å². The van der Waals surface area contributed by atoms with Crippen LogP contribution in [0, 0.1) is 6.92 Å². The molecule has 3 aromatic rings. The van der Waals surface area contributed by atoms with E-state index in [2.05, 4.69) is 27.3 Å². The summed E-state index contributed by atoms with van der Waals surface area (Å²) in [5.41, 5.74) is 1.75. The molecular weight excluding hydrogens is 358 g/mol. The Balaban J connectivity index is 1.47. The lowest BCUT2D eigenvalue weighted by atomic mass is 10.1. The lowest BCUT2D eigenvalue weighted by Gasteiger charge is -2.32. The van der Waals surface area contributed by atoms with E-state index >= 15 is 0 Å². The minimum Gasteiger partial charge on any atom is -0.422 e. The van der Waals surface area contributed by atoms with E-state index in [1.54, 1.807) is 10.7 Å². The van der Waals surface area contributed by atoms with Crippen LogP contribution in [0.2, 0.25) is 0 Å². The fourth-order valence-corrected chi connectivity index (χ4v) is 3.63. The molecule has 0 aliphatic carbocycles. The molecule has 1 saturated heterocycles. The van der Waals surface area contributed by atoms with Crippen molar-refractivity contribution in [2.45, 2.75) is 13.5 Å². The van der Waals surface area contributed by atoms with Crippen LogP contribution in [-0.4, -0.2) is 71.8 Å². The number of carbonyl (C=O) groups excluding carboxylic acids is 1. The Hall–Kier alpha value is -2.71. The summed E-state index contributed by atoms with van der Waals surface area (Å²) in [4.78, 5) is 29.3. The number of piperazine rings is 1. The van der Waals surface area contributed by atoms with E-state index in [1.807, 2.05) is 19.1 Å². The number of fused-ring (bicyclic) bond motifs is 3. The van der Waals surface area contributed by atoms with Crippen molar-refractivity contribution in [3.05, 3.63) is 40.4 Å². The molecule has 1 fully saturated rings. The van der Waals surface area contributed by atoms with Crippen LogP contribution < -0.4 is 10.9 Å². The first-order valence-corrected chi connectivity index (χ1v) is 9.58. The van der Waals surface area contributed by atoms with Gasteiger partial charge in [0, 0.05) is 44.7 Å². The molecule has 3 heterocycles. The number of likely N-dealkylation sites (N-methyl/N-ethyl adjacent to an activating group) is 1. The van der Waals surface area contributed by atoms with Gasteiger partial charge in [0.05, 0.1) is 11.7 Å². The average molecular weight is 383 g/mol. The van der Waals surface area contributed by atoms with Gasteiger partial charge in [0.2, 0.25) is 5.91 Å². The summed E-state index contributed by atoms with van der Waals surface area (Å²) in [7, 11) is 2.12. The first-order chi connectivity index (χ1) is 13.5. The number of nitrogens with one attached hydrogen (secondary N) is 1. The normalized spacial score (nSPS) is 16.1. The number of aryl methyl sites for hydroxylation is 1. The number of rotatable bonds is 5. The van der Waals surface area contributed by atoms with Crippen molar-refractivity contribution in [1.82, 2.24) is 24.9 Å². The Bertz CT molecular complexity index is 1060. The number of carbonyl (C=O) groups is 1. The summed E-state index contributed by atoms with van der Waals surface area (Å²) in [5, 5.41) is 8.40. The number of aromatic nitrogens is 2. The van der Waals surface area contributed by atoms with E-state index in [0.717, 1.165) is 43.7 Å². The van der Waals surface area contributed by atoms with Crippen molar-refractivity contribution < 1.29 is 9.21 Å². The summed E-state index contributed by atoms with van der Waals surface area (Å²) in [6.45, 7) is 7.65. The largest absolute Gasteiger partial charge is 0.422 e. The van der Waals surface area contributed by atoms with Gasteiger partial charge in [0.15, 0.2) is 0 Å². The second kappa shape index (κ2) is 7.73. The number of amides is 1. The van der Waals surface area contributed by atoms with Gasteiger partial charge in [-0.15, -0.1) is 0 Å². The highest BCUT2D eigenvalue weighted by Crippen LogP contribution is 2.23. The molecular formula is C20H25N5O3. The Morgan fingerprint density at radius 1 is 1.21 bits per heavy atom. The standard InChI is InChI=1S/C20H25N5O3/c1-14-3-4-17-15(11-14)19-16(20(27)28-17)12-22-25(19)13-18(26)21-5-6-24-9-7-23(2)8-10-24/h3-4,11-12H,5-10,13H2,1-2H3,(H,21,26). The zero-order valence-electron chi connectivity index (χ0n) is 16.3. The molecule has 1 aromatic carbocycles. The maximum Gasteiger partial charge on any atom is 0.347 e. The van der Waals surface area contributed by atoms with Crippen LogP contribution in [0.25, 0.3) is 21.9 Å². The van der Waals surface area contributed by atoms with Gasteiger partial charge in [-0.2, -0.15) is 5.10 Å². The van der Waals surface area contributed by atoms with Crippen LogP contribution in [-0.2, 0) is 11.3 Å². The molecule has 0 unspecified atom stereocenters. The molecule has 1 amide bonds. The quantitative estimate of drug-likeness (QED) is 0.657. The molecule has 0 bridgehead atoms. The van der Waals surface area contributed by atoms with Gasteiger partial charge in [-0.25, -0.2) is 4.79 Å². The van der Waals surface area contributed by atoms with Crippen molar-refractivity contribution in [2.24, 2.45) is 0 Å². The van der Waals surface area contributed by atoms with E-state index in [1.165, 1.54) is 6.20 Å². The van der Waals surface area contributed by atoms with Crippen LogP contribution in [0.4, 0.5) is 0 Å². The first-order valence-electron chi connectivity index (χ1n) is 9.58. The molecule has 148 valence electrons. The van der Waals surface area contributed by atoms with E-state index in [-0.39, 0.29) is 12.5 Å². The van der Waals surface area contributed by atoms with E-state index < -0.39 is 5.63 Å². The van der Waals surface area contributed by atoms with Crippen LogP contribution in [0.5, 0.6) is 0 Å². The van der Waals surface area contributed by atoms with Crippen molar-refractivity contribution in [1.29, 1.82) is 0 Å². The van der Waals surface area contributed by atoms with Gasteiger partial charge in [-0.05, 0) is 26.1 Å². The Morgan fingerprint density at radius 2 is 2.00 bits per heavy atom. The average Bonchev–Trinajstić information content (AvgIpc) is 3.09. The number of benzene rings is 1. The fraction of sp³-hybridized carbons (Fsp3) is 0.450. The summed E-state index contributed by atoms with van der Waals surface area (Å²) in [5.74, 6) is -0.117. The highest BCUT2D eigenvalue weighted by molar-refractivity contribution is 6.02. The van der Waals surface area contributed by atoms with Crippen LogP contribution in [0.3, 0.4) is 0 Å². The molecule has 1 aliphatic rings. The van der Waals surface area contributed by atoms with Crippen molar-refractivity contribution in [2.75, 3.05) is 46.3 Å². The first kappa shape index (κ1) is 18.6. The van der Waals surface area contributed by atoms with E-state index in [9.17, 15) is 9.59 Å². The second-order valence-corrected chi connectivity index (χ2v) is 7.45. The van der Waals surface area contributed by atoms with Crippen LogP contribution in [0.1, 0.15) is 5.56 Å². The zero-order valence-corrected chi connectivity index (χ0v) is 16.3. The lowest BCUT2D eigenvalue weighted by molar-refractivity contribution is -0.121. The van der Waals surface area contributed by atoms with Gasteiger partial charge in [-0.3, -0.25) is 14.4 Å². The molecule has 28 heavy (non-hydrogen) atoms. The predicted octanol–water partition coefficient (Wildman–Crippen LogP) is 0.815. The monoisotopic (exact) mass is 383 g/mol. The smallest absolute Gasteiger partial charge is 0.347 e. The molecule has 0 atom stereocenters. The second-order valence-electron chi connectivity index (χ2n) is 7.45. The molecule has 2 aromatic heterocycles. The Labute approximate surface area is 162 Å². The predicted molar refractivity (Wildman–Crippen MR) is 107 cm³/mol.